The summed E-state index contributed by atoms with van der Waals surface area (Å²) in [6, 6.07) is 5.79. The molecule has 3 aromatic rings. The van der Waals surface area contributed by atoms with Crippen LogP contribution in [0.1, 0.15) is 11.4 Å². The second-order valence-electron chi connectivity index (χ2n) is 5.32. The van der Waals surface area contributed by atoms with E-state index in [1.807, 2.05) is 30.5 Å². The maximum Gasteiger partial charge on any atom is 0.262 e. The SMILES string of the molecule is COc1ccc(-c2csc3nc(C)n(CCF)c(=O)c23)cc1C. The largest absolute Gasteiger partial charge is 0.496 e. The van der Waals surface area contributed by atoms with Gasteiger partial charge < -0.3 is 4.74 Å². The lowest BCUT2D eigenvalue weighted by Gasteiger charge is -2.09. The summed E-state index contributed by atoms with van der Waals surface area (Å²) < 4.78 is 19.4. The molecule has 0 saturated heterocycles. The second kappa shape index (κ2) is 6.12. The van der Waals surface area contributed by atoms with Gasteiger partial charge in [0.15, 0.2) is 0 Å². The predicted octanol–water partition coefficient (Wildman–Crippen LogP) is 3.72. The molecule has 120 valence electrons. The van der Waals surface area contributed by atoms with E-state index in [1.54, 1.807) is 14.0 Å². The Kier molecular flexibility index (Phi) is 4.17. The van der Waals surface area contributed by atoms with Crippen molar-refractivity contribution < 1.29 is 9.13 Å². The van der Waals surface area contributed by atoms with E-state index in [9.17, 15) is 9.18 Å². The Balaban J connectivity index is 2.25. The van der Waals surface area contributed by atoms with Crippen LogP contribution in [0.25, 0.3) is 21.3 Å². The van der Waals surface area contributed by atoms with Crippen molar-refractivity contribution in [3.05, 3.63) is 45.3 Å². The van der Waals surface area contributed by atoms with E-state index >= 15 is 0 Å². The minimum atomic E-state index is -0.588. The summed E-state index contributed by atoms with van der Waals surface area (Å²) >= 11 is 1.43. The number of ether oxygens (including phenoxy) is 1. The van der Waals surface area contributed by atoms with Gasteiger partial charge in [-0.05, 0) is 37.1 Å². The van der Waals surface area contributed by atoms with Crippen LogP contribution < -0.4 is 10.3 Å². The van der Waals surface area contributed by atoms with Crippen LogP contribution in [0.3, 0.4) is 0 Å². The quantitative estimate of drug-likeness (QED) is 0.731. The smallest absolute Gasteiger partial charge is 0.262 e. The fraction of sp³-hybridized carbons (Fsp3) is 0.294. The molecule has 0 amide bonds. The third kappa shape index (κ3) is 2.63. The van der Waals surface area contributed by atoms with Gasteiger partial charge in [0.1, 0.15) is 23.1 Å². The zero-order chi connectivity index (χ0) is 16.6. The standard InChI is InChI=1S/C17H17FN2O2S/c1-10-8-12(4-5-14(10)22-3)13-9-23-16-15(13)17(21)20(7-6-18)11(2)19-16/h4-5,8-9H,6-7H2,1-3H3. The first-order chi connectivity index (χ1) is 11.1. The van der Waals surface area contributed by atoms with E-state index in [4.69, 9.17) is 4.74 Å². The third-order valence-corrected chi connectivity index (χ3v) is 4.77. The Morgan fingerprint density at radius 3 is 2.78 bits per heavy atom. The first-order valence-electron chi connectivity index (χ1n) is 7.26. The number of aromatic nitrogens is 2. The van der Waals surface area contributed by atoms with Crippen LogP contribution in [0.2, 0.25) is 0 Å². The fourth-order valence-corrected chi connectivity index (χ4v) is 3.72. The van der Waals surface area contributed by atoms with E-state index in [0.717, 1.165) is 22.4 Å². The molecule has 23 heavy (non-hydrogen) atoms. The van der Waals surface area contributed by atoms with Gasteiger partial charge in [0.25, 0.3) is 5.56 Å². The minimum absolute atomic E-state index is 0.0323. The molecule has 1 aromatic carbocycles. The fourth-order valence-electron chi connectivity index (χ4n) is 2.73. The van der Waals surface area contributed by atoms with Gasteiger partial charge >= 0.3 is 0 Å². The molecule has 0 aliphatic heterocycles. The van der Waals surface area contributed by atoms with Crippen LogP contribution in [0.15, 0.2) is 28.4 Å². The molecular weight excluding hydrogens is 315 g/mol. The van der Waals surface area contributed by atoms with Crippen LogP contribution >= 0.6 is 11.3 Å². The van der Waals surface area contributed by atoms with Gasteiger partial charge in [0.2, 0.25) is 0 Å². The highest BCUT2D eigenvalue weighted by molar-refractivity contribution is 7.17. The van der Waals surface area contributed by atoms with Gasteiger partial charge in [-0.3, -0.25) is 9.36 Å². The second-order valence-corrected chi connectivity index (χ2v) is 6.18. The summed E-state index contributed by atoms with van der Waals surface area (Å²) in [5.41, 5.74) is 2.58. The van der Waals surface area contributed by atoms with Crippen LogP contribution in [0.5, 0.6) is 5.75 Å². The molecule has 0 atom stereocenters. The van der Waals surface area contributed by atoms with E-state index < -0.39 is 6.67 Å². The van der Waals surface area contributed by atoms with Crippen LogP contribution in [0.4, 0.5) is 4.39 Å². The van der Waals surface area contributed by atoms with Crippen molar-refractivity contribution in [3.8, 4) is 16.9 Å². The van der Waals surface area contributed by atoms with Gasteiger partial charge in [-0.2, -0.15) is 0 Å². The topological polar surface area (TPSA) is 44.1 Å². The summed E-state index contributed by atoms with van der Waals surface area (Å²) in [4.78, 5) is 17.9. The number of hydrogen-bond donors (Lipinski definition) is 0. The molecular formula is C17H17FN2O2S. The molecule has 0 bridgehead atoms. The lowest BCUT2D eigenvalue weighted by atomic mass is 10.0. The number of halogens is 1. The number of nitrogens with zero attached hydrogens (tertiary/aromatic N) is 2. The van der Waals surface area contributed by atoms with Gasteiger partial charge in [0.05, 0.1) is 19.0 Å². The number of thiophene rings is 1. The summed E-state index contributed by atoms with van der Waals surface area (Å²) in [5, 5.41) is 2.48. The molecule has 0 radical (unpaired) electrons. The molecule has 0 fully saturated rings. The Hall–Kier alpha value is -2.21. The van der Waals surface area contributed by atoms with Crippen molar-refractivity contribution in [2.45, 2.75) is 20.4 Å². The Morgan fingerprint density at radius 1 is 1.35 bits per heavy atom. The maximum atomic E-state index is 12.7. The molecule has 0 N–H and O–H groups in total. The first kappa shape index (κ1) is 15.7. The van der Waals surface area contributed by atoms with Gasteiger partial charge in [-0.1, -0.05) is 6.07 Å². The summed E-state index contributed by atoms with van der Waals surface area (Å²) in [6.45, 7) is 3.13. The monoisotopic (exact) mass is 332 g/mol. The number of fused-ring (bicyclic) bond motifs is 1. The van der Waals surface area contributed by atoms with Gasteiger partial charge in [-0.15, -0.1) is 11.3 Å². The molecule has 0 unspecified atom stereocenters. The highest BCUT2D eigenvalue weighted by atomic mass is 32.1. The molecule has 0 spiro atoms. The molecule has 3 rings (SSSR count). The molecule has 2 heterocycles. The minimum Gasteiger partial charge on any atom is -0.496 e. The number of alkyl halides is 1. The van der Waals surface area contributed by atoms with Crippen molar-refractivity contribution in [1.29, 1.82) is 0 Å². The van der Waals surface area contributed by atoms with Crippen molar-refractivity contribution in [2.24, 2.45) is 0 Å². The summed E-state index contributed by atoms with van der Waals surface area (Å²) in [6.07, 6.45) is 0. The van der Waals surface area contributed by atoms with Crippen molar-refractivity contribution in [3.63, 3.8) is 0 Å². The van der Waals surface area contributed by atoms with Crippen molar-refractivity contribution in [1.82, 2.24) is 9.55 Å². The maximum absolute atomic E-state index is 12.7. The summed E-state index contributed by atoms with van der Waals surface area (Å²) in [7, 11) is 1.63. The number of hydrogen-bond acceptors (Lipinski definition) is 4. The van der Waals surface area contributed by atoms with Crippen LogP contribution in [-0.2, 0) is 6.54 Å². The molecule has 0 aliphatic carbocycles. The Labute approximate surface area is 137 Å². The Bertz CT molecular complexity index is 930. The zero-order valence-electron chi connectivity index (χ0n) is 13.2. The zero-order valence-corrected chi connectivity index (χ0v) is 14.0. The van der Waals surface area contributed by atoms with Crippen molar-refractivity contribution in [2.75, 3.05) is 13.8 Å². The average molecular weight is 332 g/mol. The normalized spacial score (nSPS) is 11.1. The highest BCUT2D eigenvalue weighted by Gasteiger charge is 2.16. The lowest BCUT2D eigenvalue weighted by Crippen LogP contribution is -2.24. The van der Waals surface area contributed by atoms with E-state index in [2.05, 4.69) is 4.98 Å². The van der Waals surface area contributed by atoms with Crippen LogP contribution in [0, 0.1) is 13.8 Å². The van der Waals surface area contributed by atoms with Gasteiger partial charge in [-0.25, -0.2) is 9.37 Å². The third-order valence-electron chi connectivity index (χ3n) is 3.90. The van der Waals surface area contributed by atoms with Crippen LogP contribution in [-0.4, -0.2) is 23.3 Å². The van der Waals surface area contributed by atoms with E-state index in [0.29, 0.717) is 16.0 Å². The number of benzene rings is 1. The number of methoxy groups -OCH3 is 1. The summed E-state index contributed by atoms with van der Waals surface area (Å²) in [5.74, 6) is 1.34. The lowest BCUT2D eigenvalue weighted by molar-refractivity contribution is 0.412. The highest BCUT2D eigenvalue weighted by Crippen LogP contribution is 2.33. The Morgan fingerprint density at radius 2 is 2.13 bits per heavy atom. The average Bonchev–Trinajstić information content (AvgIpc) is 2.95. The molecule has 4 nitrogen and oxygen atoms in total. The first-order valence-corrected chi connectivity index (χ1v) is 8.14. The molecule has 6 heteroatoms. The predicted molar refractivity (Wildman–Crippen MR) is 91.3 cm³/mol. The molecule has 0 saturated carbocycles. The van der Waals surface area contributed by atoms with E-state index in [1.165, 1.54) is 15.9 Å². The van der Waals surface area contributed by atoms with E-state index in [-0.39, 0.29) is 12.1 Å². The number of rotatable bonds is 4. The molecule has 0 aliphatic rings. The van der Waals surface area contributed by atoms with Crippen molar-refractivity contribution >= 4 is 21.6 Å². The van der Waals surface area contributed by atoms with Gasteiger partial charge in [0, 0.05) is 10.9 Å². The number of aryl methyl sites for hydroxylation is 2. The molecule has 2 aromatic heterocycles.